The number of nitrogens with one attached hydrogen (secondary N) is 2. The molecule has 0 aliphatic carbocycles. The molecule has 1 aliphatic rings. The molecule has 0 spiro atoms. The van der Waals surface area contributed by atoms with Crippen molar-refractivity contribution in [2.45, 2.75) is 19.5 Å². The van der Waals surface area contributed by atoms with Crippen molar-refractivity contribution in [3.8, 4) is 11.5 Å². The molecular weight excluding hydrogens is 364 g/mol. The van der Waals surface area contributed by atoms with Crippen LogP contribution in [0.3, 0.4) is 0 Å². The summed E-state index contributed by atoms with van der Waals surface area (Å²) in [7, 11) is 0. The monoisotopic (exact) mass is 384 g/mol. The Morgan fingerprint density at radius 1 is 1.07 bits per heavy atom. The third kappa shape index (κ3) is 5.00. The van der Waals surface area contributed by atoms with E-state index in [4.69, 9.17) is 14.2 Å². The molecule has 0 aromatic heterocycles. The highest BCUT2D eigenvalue weighted by atomic mass is 16.7. The van der Waals surface area contributed by atoms with E-state index in [1.54, 1.807) is 48.5 Å². The van der Waals surface area contributed by atoms with Gasteiger partial charge >= 0.3 is 5.97 Å². The summed E-state index contributed by atoms with van der Waals surface area (Å²) >= 11 is 0. The molecule has 28 heavy (non-hydrogen) atoms. The van der Waals surface area contributed by atoms with Crippen molar-refractivity contribution in [2.24, 2.45) is 0 Å². The number of hydrogen-bond acceptors (Lipinski definition) is 6. The van der Waals surface area contributed by atoms with Crippen molar-refractivity contribution in [3.05, 3.63) is 59.7 Å². The van der Waals surface area contributed by atoms with Gasteiger partial charge in [0.15, 0.2) is 18.1 Å². The minimum Gasteiger partial charge on any atom is -0.454 e. The van der Waals surface area contributed by atoms with Crippen LogP contribution < -0.4 is 20.1 Å². The second kappa shape index (κ2) is 8.90. The normalized spacial score (nSPS) is 12.8. The summed E-state index contributed by atoms with van der Waals surface area (Å²) < 4.78 is 15.5. The molecule has 2 N–H and O–H groups in total. The van der Waals surface area contributed by atoms with Crippen LogP contribution in [0, 0.1) is 0 Å². The SMILES string of the molecule is C[C@H](NC(=O)c1ccccc1)C(=O)OCC(=O)NCc1ccc2c(c1)OCO2. The van der Waals surface area contributed by atoms with Gasteiger partial charge in [-0.15, -0.1) is 0 Å². The standard InChI is InChI=1S/C20H20N2O6/c1-13(22-19(24)15-5-3-2-4-6-15)20(25)26-11-18(23)21-10-14-7-8-16-17(9-14)28-12-27-16/h2-9,13H,10-12H2,1H3,(H,21,23)(H,22,24)/t13-/m0/s1. The van der Waals surface area contributed by atoms with Crippen molar-refractivity contribution >= 4 is 17.8 Å². The van der Waals surface area contributed by atoms with E-state index in [1.165, 1.54) is 6.92 Å². The molecule has 2 aromatic rings. The Hall–Kier alpha value is -3.55. The molecule has 1 aliphatic heterocycles. The largest absolute Gasteiger partial charge is 0.454 e. The van der Waals surface area contributed by atoms with Crippen molar-refractivity contribution < 1.29 is 28.6 Å². The second-order valence-electron chi connectivity index (χ2n) is 6.13. The first-order chi connectivity index (χ1) is 13.5. The van der Waals surface area contributed by atoms with Gasteiger partial charge in [0.1, 0.15) is 6.04 Å². The quantitative estimate of drug-likeness (QED) is 0.700. The molecule has 2 amide bonds. The first kappa shape index (κ1) is 19.2. The highest BCUT2D eigenvalue weighted by Crippen LogP contribution is 2.32. The predicted octanol–water partition coefficient (Wildman–Crippen LogP) is 1.39. The van der Waals surface area contributed by atoms with Gasteiger partial charge in [-0.1, -0.05) is 24.3 Å². The van der Waals surface area contributed by atoms with Gasteiger partial charge in [-0.2, -0.15) is 0 Å². The average molecular weight is 384 g/mol. The zero-order chi connectivity index (χ0) is 19.9. The number of benzene rings is 2. The Morgan fingerprint density at radius 3 is 2.61 bits per heavy atom. The number of esters is 1. The minimum atomic E-state index is -0.880. The molecule has 1 heterocycles. The lowest BCUT2D eigenvalue weighted by Crippen LogP contribution is -2.40. The van der Waals surface area contributed by atoms with E-state index in [9.17, 15) is 14.4 Å². The number of carbonyl (C=O) groups is 3. The van der Waals surface area contributed by atoms with Crippen molar-refractivity contribution in [2.75, 3.05) is 13.4 Å². The number of rotatable bonds is 7. The molecule has 0 bridgehead atoms. The number of ether oxygens (including phenoxy) is 3. The summed E-state index contributed by atoms with van der Waals surface area (Å²) in [5.41, 5.74) is 1.26. The summed E-state index contributed by atoms with van der Waals surface area (Å²) in [6.45, 7) is 1.50. The molecule has 8 heteroatoms. The second-order valence-corrected chi connectivity index (χ2v) is 6.13. The summed E-state index contributed by atoms with van der Waals surface area (Å²) in [6.07, 6.45) is 0. The summed E-state index contributed by atoms with van der Waals surface area (Å²) in [5.74, 6) is -0.246. The molecule has 3 rings (SSSR count). The predicted molar refractivity (Wildman–Crippen MR) is 98.7 cm³/mol. The van der Waals surface area contributed by atoms with Crippen LogP contribution in [0.1, 0.15) is 22.8 Å². The van der Waals surface area contributed by atoms with Gasteiger partial charge in [-0.25, -0.2) is 4.79 Å². The topological polar surface area (TPSA) is 103 Å². The third-order valence-electron chi connectivity index (χ3n) is 4.01. The summed E-state index contributed by atoms with van der Waals surface area (Å²) in [5, 5.41) is 5.18. The zero-order valence-corrected chi connectivity index (χ0v) is 15.3. The fourth-order valence-corrected chi connectivity index (χ4v) is 2.49. The lowest BCUT2D eigenvalue weighted by molar-refractivity contribution is -0.150. The van der Waals surface area contributed by atoms with E-state index in [0.717, 1.165) is 5.56 Å². The van der Waals surface area contributed by atoms with Crippen LogP contribution in [-0.4, -0.2) is 37.2 Å². The van der Waals surface area contributed by atoms with Crippen molar-refractivity contribution in [3.63, 3.8) is 0 Å². The highest BCUT2D eigenvalue weighted by Gasteiger charge is 2.19. The van der Waals surface area contributed by atoms with Gasteiger partial charge in [0.05, 0.1) is 0 Å². The smallest absolute Gasteiger partial charge is 0.328 e. The molecule has 0 fully saturated rings. The fourth-order valence-electron chi connectivity index (χ4n) is 2.49. The molecule has 0 radical (unpaired) electrons. The van der Waals surface area contributed by atoms with E-state index in [2.05, 4.69) is 10.6 Å². The lowest BCUT2D eigenvalue weighted by atomic mass is 10.2. The zero-order valence-electron chi connectivity index (χ0n) is 15.3. The van der Waals surface area contributed by atoms with Gasteiger partial charge in [0, 0.05) is 12.1 Å². The molecular formula is C20H20N2O6. The Bertz CT molecular complexity index is 868. The fraction of sp³-hybridized carbons (Fsp3) is 0.250. The number of carbonyl (C=O) groups excluding carboxylic acids is 3. The average Bonchev–Trinajstić information content (AvgIpc) is 3.18. The van der Waals surface area contributed by atoms with Crippen LogP contribution in [0.5, 0.6) is 11.5 Å². The van der Waals surface area contributed by atoms with E-state index < -0.39 is 30.4 Å². The van der Waals surface area contributed by atoms with Crippen LogP contribution >= 0.6 is 0 Å². The van der Waals surface area contributed by atoms with Crippen LogP contribution in [-0.2, 0) is 20.9 Å². The number of amides is 2. The first-order valence-corrected chi connectivity index (χ1v) is 8.70. The lowest BCUT2D eigenvalue weighted by Gasteiger charge is -2.13. The van der Waals surface area contributed by atoms with E-state index in [0.29, 0.717) is 17.1 Å². The minimum absolute atomic E-state index is 0.181. The Balaban J connectivity index is 1.40. The number of fused-ring (bicyclic) bond motifs is 1. The highest BCUT2D eigenvalue weighted by molar-refractivity contribution is 5.96. The molecule has 1 atom stereocenters. The van der Waals surface area contributed by atoms with Crippen molar-refractivity contribution in [1.29, 1.82) is 0 Å². The van der Waals surface area contributed by atoms with E-state index in [1.807, 2.05) is 0 Å². The van der Waals surface area contributed by atoms with Crippen LogP contribution in [0.2, 0.25) is 0 Å². The van der Waals surface area contributed by atoms with Crippen LogP contribution in [0.25, 0.3) is 0 Å². The maximum atomic E-state index is 12.0. The Labute approximate surface area is 161 Å². The van der Waals surface area contributed by atoms with Crippen LogP contribution in [0.4, 0.5) is 0 Å². The maximum absolute atomic E-state index is 12.0. The first-order valence-electron chi connectivity index (χ1n) is 8.70. The van der Waals surface area contributed by atoms with Gasteiger partial charge < -0.3 is 24.8 Å². The Kier molecular flexibility index (Phi) is 6.11. The van der Waals surface area contributed by atoms with Gasteiger partial charge in [0.2, 0.25) is 6.79 Å². The molecule has 2 aromatic carbocycles. The number of hydrogen-bond donors (Lipinski definition) is 2. The molecule has 0 saturated heterocycles. The summed E-state index contributed by atoms with van der Waals surface area (Å²) in [4.78, 5) is 35.9. The third-order valence-corrected chi connectivity index (χ3v) is 4.01. The van der Waals surface area contributed by atoms with Gasteiger partial charge in [0.25, 0.3) is 11.8 Å². The van der Waals surface area contributed by atoms with E-state index >= 15 is 0 Å². The summed E-state index contributed by atoms with van der Waals surface area (Å²) in [6, 6.07) is 13.0. The molecule has 146 valence electrons. The van der Waals surface area contributed by atoms with Gasteiger partial charge in [-0.05, 0) is 36.8 Å². The maximum Gasteiger partial charge on any atom is 0.328 e. The Morgan fingerprint density at radius 2 is 1.82 bits per heavy atom. The van der Waals surface area contributed by atoms with E-state index in [-0.39, 0.29) is 13.3 Å². The molecule has 0 saturated carbocycles. The molecule has 0 unspecified atom stereocenters. The van der Waals surface area contributed by atoms with Gasteiger partial charge in [-0.3, -0.25) is 9.59 Å². The van der Waals surface area contributed by atoms with Crippen molar-refractivity contribution in [1.82, 2.24) is 10.6 Å². The molecule has 8 nitrogen and oxygen atoms in total. The van der Waals surface area contributed by atoms with Crippen LogP contribution in [0.15, 0.2) is 48.5 Å².